The van der Waals surface area contributed by atoms with Crippen LogP contribution in [-0.4, -0.2) is 119 Å². The quantitative estimate of drug-likeness (QED) is 0.0318. The van der Waals surface area contributed by atoms with Crippen molar-refractivity contribution in [3.05, 3.63) is 104 Å². The molecule has 5 atom stereocenters. The molecule has 23 heteroatoms. The minimum atomic E-state index is -3.57. The van der Waals surface area contributed by atoms with Crippen molar-refractivity contribution in [1.29, 1.82) is 0 Å². The number of imide groups is 1. The van der Waals surface area contributed by atoms with Crippen molar-refractivity contribution < 1.29 is 65.7 Å². The lowest BCUT2D eigenvalue weighted by Gasteiger charge is -2.35. The largest absolute Gasteiger partial charge is 0.490 e. The molecule has 2 aromatic heterocycles. The zero-order chi connectivity index (χ0) is 59.5. The Morgan fingerprint density at radius 3 is 2.43 bits per heavy atom. The van der Waals surface area contributed by atoms with Crippen molar-refractivity contribution in [3.8, 4) is 11.4 Å². The van der Waals surface area contributed by atoms with Gasteiger partial charge in [0.15, 0.2) is 0 Å². The zero-order valence-electron chi connectivity index (χ0n) is 47.4. The van der Waals surface area contributed by atoms with Crippen molar-refractivity contribution in [1.82, 2.24) is 30.0 Å². The Morgan fingerprint density at radius 1 is 1.02 bits per heavy atom. The first-order valence-electron chi connectivity index (χ1n) is 27.8. The molecule has 0 saturated carbocycles. The van der Waals surface area contributed by atoms with E-state index in [1.54, 1.807) is 55.7 Å². The summed E-state index contributed by atoms with van der Waals surface area (Å²) in [6, 6.07) is 7.76. The summed E-state index contributed by atoms with van der Waals surface area (Å²) < 4.78 is 58.4. The van der Waals surface area contributed by atoms with Crippen molar-refractivity contribution >= 4 is 67.8 Å². The number of aromatic nitrogens is 2. The first-order valence-corrected chi connectivity index (χ1v) is 29.8. The average molecular weight is 1150 g/mol. The number of nitrogens with zero attached hydrogens (tertiary/aromatic N) is 4. The average Bonchev–Trinajstić information content (AvgIpc) is 4.01. The summed E-state index contributed by atoms with van der Waals surface area (Å²) in [7, 11) is -3.57. The highest BCUT2D eigenvalue weighted by Crippen LogP contribution is 2.47. The summed E-state index contributed by atoms with van der Waals surface area (Å²) in [4.78, 5) is 112. The molecule has 1 unspecified atom stereocenters. The van der Waals surface area contributed by atoms with Crippen LogP contribution >= 0.6 is 0 Å². The Hall–Kier alpha value is -7.37. The highest BCUT2D eigenvalue weighted by molar-refractivity contribution is 7.90. The number of sulfone groups is 1. The lowest BCUT2D eigenvalue weighted by molar-refractivity contribution is -0.139. The Balaban J connectivity index is 0.838. The van der Waals surface area contributed by atoms with Crippen LogP contribution in [0.25, 0.3) is 22.3 Å². The maximum absolute atomic E-state index is 15.5. The van der Waals surface area contributed by atoms with E-state index in [9.17, 15) is 51.9 Å². The van der Waals surface area contributed by atoms with Crippen LogP contribution in [0.15, 0.2) is 53.5 Å². The standard InChI is InChI=1S/C59H72FN7O14S/c1-9-59(76)36(7)80-29-43-44(59)25-48-53-42(27-67(48)57(43)74)52-46(19-18-40-34(5)45(60)26-47(64-53)51(40)52)63-49(69)30-79-31-65(21-22-82(8,77)78)58(75)81-28-37-14-16-38(17-15-37)62-54(71)35(6)61-55(72)41(32(2)3)24-39(68)13-11-10-12-20-66-50(70)23-33(4)56(66)73/h14-17,25-26,32-33,35,41,46,76H,7,9-13,18-24,27-31H2,1-6,8H3,(H,61,72)(H,62,71)(H,63,69)/t33?,35-,41-,46-,59+/m0/s1. The molecular weight excluding hydrogens is 1080 g/mol. The fourth-order valence-electron chi connectivity index (χ4n) is 11.2. The number of pyridine rings is 2. The highest BCUT2D eigenvalue weighted by atomic mass is 32.2. The summed E-state index contributed by atoms with van der Waals surface area (Å²) in [6.07, 6.45) is 3.27. The van der Waals surface area contributed by atoms with Crippen molar-refractivity contribution in [2.75, 3.05) is 43.8 Å². The molecule has 2 aromatic carbocycles. The summed E-state index contributed by atoms with van der Waals surface area (Å²) in [6.45, 7) is 12.9. The van der Waals surface area contributed by atoms with E-state index in [-0.39, 0.29) is 98.3 Å². The number of amides is 6. The molecule has 4 N–H and O–H groups in total. The van der Waals surface area contributed by atoms with E-state index in [0.717, 1.165) is 16.7 Å². The topological polar surface area (TPSA) is 279 Å². The smallest absolute Gasteiger partial charge is 0.411 e. The van der Waals surface area contributed by atoms with Gasteiger partial charge in [-0.2, -0.15) is 0 Å². The molecule has 1 saturated heterocycles. The van der Waals surface area contributed by atoms with E-state index >= 15 is 4.39 Å². The molecule has 440 valence electrons. The lowest BCUT2D eigenvalue weighted by Crippen LogP contribution is -2.45. The molecule has 5 heterocycles. The van der Waals surface area contributed by atoms with Crippen LogP contribution in [0.4, 0.5) is 14.9 Å². The first kappa shape index (κ1) is 60.7. The number of hydrogen-bond acceptors (Lipinski definition) is 15. The number of carbonyl (C=O) groups is 7. The van der Waals surface area contributed by atoms with Crippen LogP contribution in [-0.2, 0) is 84.6 Å². The summed E-state index contributed by atoms with van der Waals surface area (Å²) in [5.41, 5.74) is 3.20. The Labute approximate surface area is 475 Å². The number of nitrogens with one attached hydrogen (secondary N) is 3. The number of likely N-dealkylation sites (tertiary alicyclic amines) is 1. The van der Waals surface area contributed by atoms with Crippen molar-refractivity contribution in [2.45, 2.75) is 137 Å². The molecule has 1 fully saturated rings. The van der Waals surface area contributed by atoms with Gasteiger partial charge in [0.25, 0.3) is 5.56 Å². The number of halogens is 1. The van der Waals surface area contributed by atoms with E-state index in [1.807, 2.05) is 13.8 Å². The SMILES string of the molecule is C=C1OCc2c(cc3n(c2=O)Cc2c-3nc3cc(F)c(C)c4c3c2[C@@H](NC(=O)COCN(CCS(C)(=O)=O)C(=O)OCc2ccc(NC(=O)[C@H](C)NC(=O)[C@@H](CC(=O)CCCCCN3C(=O)CC(C)C3=O)C(C)C)cc2)CC4)[C@@]1(O)CC. The summed E-state index contributed by atoms with van der Waals surface area (Å²) in [5, 5.41) is 20.8. The molecule has 8 rings (SSSR count). The van der Waals surface area contributed by atoms with E-state index < -0.39 is 82.2 Å². The number of hydrogen-bond donors (Lipinski definition) is 4. The third-order valence-corrected chi connectivity index (χ3v) is 17.0. The second-order valence-corrected chi connectivity index (χ2v) is 24.6. The molecule has 0 bridgehead atoms. The van der Waals surface area contributed by atoms with Crippen LogP contribution in [0, 0.1) is 30.5 Å². The summed E-state index contributed by atoms with van der Waals surface area (Å²) >= 11 is 0. The molecule has 3 aliphatic heterocycles. The van der Waals surface area contributed by atoms with Crippen LogP contribution < -0.4 is 21.5 Å². The van der Waals surface area contributed by atoms with Gasteiger partial charge in [0.1, 0.15) is 65.4 Å². The molecule has 21 nitrogen and oxygen atoms in total. The van der Waals surface area contributed by atoms with Crippen molar-refractivity contribution in [2.24, 2.45) is 17.8 Å². The minimum Gasteiger partial charge on any atom is -0.490 e. The molecule has 0 radical (unpaired) electrons. The normalized spacial score (nSPS) is 18.8. The van der Waals surface area contributed by atoms with Crippen LogP contribution in [0.3, 0.4) is 0 Å². The number of ketones is 1. The van der Waals surface area contributed by atoms with Gasteiger partial charge in [0, 0.05) is 78.7 Å². The van der Waals surface area contributed by atoms with Gasteiger partial charge in [-0.25, -0.2) is 22.6 Å². The van der Waals surface area contributed by atoms with Gasteiger partial charge in [0.2, 0.25) is 29.5 Å². The second-order valence-electron chi connectivity index (χ2n) is 22.3. The van der Waals surface area contributed by atoms with Gasteiger partial charge in [0.05, 0.1) is 40.8 Å². The van der Waals surface area contributed by atoms with Gasteiger partial charge in [-0.05, 0) is 92.3 Å². The molecule has 82 heavy (non-hydrogen) atoms. The minimum absolute atomic E-state index is 0.00284. The monoisotopic (exact) mass is 1150 g/mol. The second kappa shape index (κ2) is 25.0. The van der Waals surface area contributed by atoms with E-state index in [2.05, 4.69) is 22.5 Å². The molecular formula is C59H72FN7O14S. The predicted molar refractivity (Wildman–Crippen MR) is 300 cm³/mol. The van der Waals surface area contributed by atoms with Crippen LogP contribution in [0.2, 0.25) is 0 Å². The Kier molecular flexibility index (Phi) is 18.5. The fourth-order valence-corrected chi connectivity index (χ4v) is 11.7. The van der Waals surface area contributed by atoms with E-state index in [4.69, 9.17) is 19.2 Å². The number of carbonyl (C=O) groups excluding carboxylic acids is 7. The van der Waals surface area contributed by atoms with E-state index in [0.29, 0.717) is 94.4 Å². The van der Waals surface area contributed by atoms with Crippen molar-refractivity contribution in [3.63, 3.8) is 0 Å². The number of benzene rings is 2. The number of unbranched alkanes of at least 4 members (excludes halogenated alkanes) is 2. The molecule has 4 aromatic rings. The summed E-state index contributed by atoms with van der Waals surface area (Å²) in [5.74, 6) is -3.91. The van der Waals surface area contributed by atoms with E-state index in [1.165, 1.54) is 17.9 Å². The lowest BCUT2D eigenvalue weighted by atomic mass is 9.81. The third kappa shape index (κ3) is 13.1. The number of anilines is 1. The first-order chi connectivity index (χ1) is 38.8. The van der Waals surface area contributed by atoms with Gasteiger partial charge < -0.3 is 39.8 Å². The number of aliphatic hydroxyl groups is 1. The maximum atomic E-state index is 15.5. The van der Waals surface area contributed by atoms with Gasteiger partial charge in [-0.3, -0.25) is 43.4 Å². The van der Waals surface area contributed by atoms with Gasteiger partial charge in [-0.15, -0.1) is 0 Å². The van der Waals surface area contributed by atoms with Gasteiger partial charge >= 0.3 is 6.09 Å². The number of aryl methyl sites for hydroxylation is 1. The molecule has 0 spiro atoms. The highest BCUT2D eigenvalue weighted by Gasteiger charge is 2.43. The van der Waals surface area contributed by atoms with Gasteiger partial charge in [-0.1, -0.05) is 52.8 Å². The molecule has 4 aliphatic rings. The zero-order valence-corrected chi connectivity index (χ0v) is 48.2. The Morgan fingerprint density at radius 2 is 1.76 bits per heavy atom. The predicted octanol–water partition coefficient (Wildman–Crippen LogP) is 5.91. The number of ether oxygens (including phenoxy) is 3. The third-order valence-electron chi connectivity index (χ3n) is 16.1. The number of rotatable bonds is 24. The fraction of sp³-hybridized carbons (Fsp3) is 0.508. The number of Topliss-reactive ketones (excluding diaryl/α,β-unsaturated/α-hetero) is 1. The maximum Gasteiger partial charge on any atom is 0.411 e. The number of fused-ring (bicyclic) bond motifs is 5. The molecule has 6 amide bonds. The van der Waals surface area contributed by atoms with Crippen LogP contribution in [0.5, 0.6) is 0 Å². The Bertz CT molecular complexity index is 3420. The van der Waals surface area contributed by atoms with Crippen LogP contribution in [0.1, 0.15) is 131 Å². The molecule has 1 aliphatic carbocycles.